The zero-order valence-corrected chi connectivity index (χ0v) is 11.8. The number of aliphatic carboxylic acids is 1. The van der Waals surface area contributed by atoms with E-state index in [0.717, 1.165) is 12.8 Å². The number of Topliss-reactive ketones (excluding diaryl/α,β-unsaturated/α-hetero) is 1. The van der Waals surface area contributed by atoms with E-state index in [2.05, 4.69) is 0 Å². The number of carbonyl (C=O) groups is 2. The third kappa shape index (κ3) is 2.77. The zero-order valence-electron chi connectivity index (χ0n) is 10.3. The van der Waals surface area contributed by atoms with Gasteiger partial charge in [-0.15, -0.1) is 0 Å². The zero-order chi connectivity index (χ0) is 14.0. The number of hydrogen-bond acceptors (Lipinski definition) is 2. The first kappa shape index (κ1) is 14.4. The molecule has 0 radical (unpaired) electrons. The number of hydrogen-bond donors (Lipinski definition) is 1. The molecule has 1 aromatic carbocycles. The Morgan fingerprint density at radius 3 is 2.68 bits per heavy atom. The lowest BCUT2D eigenvalue weighted by atomic mass is 9.69. The Morgan fingerprint density at radius 1 is 1.32 bits per heavy atom. The molecule has 102 valence electrons. The fourth-order valence-corrected chi connectivity index (χ4v) is 2.96. The largest absolute Gasteiger partial charge is 0.480 e. The summed E-state index contributed by atoms with van der Waals surface area (Å²) in [6.45, 7) is 0. The van der Waals surface area contributed by atoms with Crippen molar-refractivity contribution in [3.05, 3.63) is 33.8 Å². The molecule has 2 rings (SSSR count). The number of ketones is 1. The normalized spacial score (nSPS) is 23.4. The Bertz CT molecular complexity index is 527. The molecule has 1 saturated carbocycles. The van der Waals surface area contributed by atoms with Gasteiger partial charge in [0.25, 0.3) is 0 Å². The smallest absolute Gasteiger partial charge is 0.317 e. The molecule has 19 heavy (non-hydrogen) atoms. The monoisotopic (exact) mass is 300 g/mol. The summed E-state index contributed by atoms with van der Waals surface area (Å²) in [5.74, 6) is -1.27. The van der Waals surface area contributed by atoms with E-state index in [0.29, 0.717) is 28.5 Å². The molecule has 1 aliphatic rings. The highest BCUT2D eigenvalue weighted by atomic mass is 35.5. The number of carboxylic acid groups (broad SMARTS) is 1. The van der Waals surface area contributed by atoms with Gasteiger partial charge < -0.3 is 5.11 Å². The topological polar surface area (TPSA) is 54.4 Å². The third-order valence-corrected chi connectivity index (χ3v) is 4.30. The molecule has 0 amide bonds. The molecule has 0 aromatic heterocycles. The molecule has 1 atom stereocenters. The summed E-state index contributed by atoms with van der Waals surface area (Å²) < 4.78 is 0. The van der Waals surface area contributed by atoms with Crippen molar-refractivity contribution in [2.75, 3.05) is 0 Å². The van der Waals surface area contributed by atoms with Gasteiger partial charge in [0.1, 0.15) is 5.41 Å². The SMILES string of the molecule is O=C(O)C1(Cc2cc(Cl)ccc2Cl)CCCCC1=O. The summed E-state index contributed by atoms with van der Waals surface area (Å²) in [4.78, 5) is 23.7. The average Bonchev–Trinajstić information content (AvgIpc) is 2.36. The molecular formula is C14H14Cl2O3. The average molecular weight is 301 g/mol. The number of halogens is 2. The molecule has 3 nitrogen and oxygen atoms in total. The summed E-state index contributed by atoms with van der Waals surface area (Å²) in [6.07, 6.45) is 2.31. The summed E-state index contributed by atoms with van der Waals surface area (Å²) in [5.41, 5.74) is -0.723. The quantitative estimate of drug-likeness (QED) is 0.865. The molecule has 5 heteroatoms. The van der Waals surface area contributed by atoms with Crippen molar-refractivity contribution in [1.82, 2.24) is 0 Å². The van der Waals surface area contributed by atoms with Gasteiger partial charge in [-0.1, -0.05) is 29.6 Å². The predicted molar refractivity (Wildman–Crippen MR) is 73.7 cm³/mol. The van der Waals surface area contributed by atoms with Crippen LogP contribution in [0.5, 0.6) is 0 Å². The van der Waals surface area contributed by atoms with Gasteiger partial charge in [-0.3, -0.25) is 9.59 Å². The minimum absolute atomic E-state index is 0.112. The van der Waals surface area contributed by atoms with Crippen LogP contribution in [0.3, 0.4) is 0 Å². The minimum atomic E-state index is -1.34. The number of carbonyl (C=O) groups excluding carboxylic acids is 1. The summed E-state index contributed by atoms with van der Waals surface area (Å²) in [6, 6.07) is 4.90. The van der Waals surface area contributed by atoms with E-state index in [-0.39, 0.29) is 12.2 Å². The maximum atomic E-state index is 12.1. The lowest BCUT2D eigenvalue weighted by Gasteiger charge is -2.32. The van der Waals surface area contributed by atoms with Gasteiger partial charge >= 0.3 is 5.97 Å². The molecule has 0 heterocycles. The van der Waals surface area contributed by atoms with Gasteiger partial charge in [-0.05, 0) is 43.0 Å². The first-order valence-corrected chi connectivity index (χ1v) is 6.92. The van der Waals surface area contributed by atoms with Crippen LogP contribution in [0.2, 0.25) is 10.0 Å². The van der Waals surface area contributed by atoms with Crippen LogP contribution in [0.4, 0.5) is 0 Å². The highest BCUT2D eigenvalue weighted by molar-refractivity contribution is 6.33. The number of carboxylic acids is 1. The van der Waals surface area contributed by atoms with Crippen LogP contribution in [-0.4, -0.2) is 16.9 Å². The van der Waals surface area contributed by atoms with E-state index in [9.17, 15) is 14.7 Å². The van der Waals surface area contributed by atoms with Gasteiger partial charge in [0, 0.05) is 16.5 Å². The van der Waals surface area contributed by atoms with Crippen LogP contribution >= 0.6 is 23.2 Å². The fourth-order valence-electron chi connectivity index (χ4n) is 2.58. The van der Waals surface area contributed by atoms with E-state index in [4.69, 9.17) is 23.2 Å². The fraction of sp³-hybridized carbons (Fsp3) is 0.429. The van der Waals surface area contributed by atoms with Crippen LogP contribution in [0.15, 0.2) is 18.2 Å². The van der Waals surface area contributed by atoms with Crippen molar-refractivity contribution in [3.8, 4) is 0 Å². The molecule has 0 saturated heterocycles. The Hall–Kier alpha value is -1.06. The second kappa shape index (κ2) is 5.51. The van der Waals surface area contributed by atoms with Crippen molar-refractivity contribution in [2.24, 2.45) is 5.41 Å². The van der Waals surface area contributed by atoms with Crippen LogP contribution < -0.4 is 0 Å². The van der Waals surface area contributed by atoms with E-state index < -0.39 is 11.4 Å². The van der Waals surface area contributed by atoms with Gasteiger partial charge in [-0.2, -0.15) is 0 Å². The second-order valence-corrected chi connectivity index (χ2v) is 5.77. The van der Waals surface area contributed by atoms with E-state index in [1.165, 1.54) is 0 Å². The maximum Gasteiger partial charge on any atom is 0.317 e. The van der Waals surface area contributed by atoms with Gasteiger partial charge in [-0.25, -0.2) is 0 Å². The lowest BCUT2D eigenvalue weighted by Crippen LogP contribution is -2.43. The van der Waals surface area contributed by atoms with E-state index >= 15 is 0 Å². The van der Waals surface area contributed by atoms with Crippen LogP contribution in [0.1, 0.15) is 31.2 Å². The molecule has 1 aliphatic carbocycles. The highest BCUT2D eigenvalue weighted by Gasteiger charge is 2.47. The van der Waals surface area contributed by atoms with Gasteiger partial charge in [0.2, 0.25) is 0 Å². The lowest BCUT2D eigenvalue weighted by molar-refractivity contribution is -0.157. The molecular weight excluding hydrogens is 287 g/mol. The molecule has 0 spiro atoms. The first-order chi connectivity index (χ1) is 8.95. The molecule has 0 bridgehead atoms. The van der Waals surface area contributed by atoms with Crippen molar-refractivity contribution in [1.29, 1.82) is 0 Å². The Balaban J connectivity index is 2.38. The molecule has 0 aliphatic heterocycles. The first-order valence-electron chi connectivity index (χ1n) is 6.16. The summed E-state index contributed by atoms with van der Waals surface area (Å²) in [5, 5.41) is 10.4. The van der Waals surface area contributed by atoms with Gasteiger partial charge in [0.05, 0.1) is 0 Å². The van der Waals surface area contributed by atoms with E-state index in [1.807, 2.05) is 0 Å². The van der Waals surface area contributed by atoms with Crippen molar-refractivity contribution in [3.63, 3.8) is 0 Å². The number of rotatable bonds is 3. The summed E-state index contributed by atoms with van der Waals surface area (Å²) in [7, 11) is 0. The van der Waals surface area contributed by atoms with Crippen LogP contribution in [0.25, 0.3) is 0 Å². The minimum Gasteiger partial charge on any atom is -0.480 e. The summed E-state index contributed by atoms with van der Waals surface area (Å²) >= 11 is 12.0. The predicted octanol–water partition coefficient (Wildman–Crippen LogP) is 3.75. The standard InChI is InChI=1S/C14H14Cl2O3/c15-10-4-5-11(16)9(7-10)8-14(13(18)19)6-2-1-3-12(14)17/h4-5,7H,1-3,6,8H2,(H,18,19). The van der Waals surface area contributed by atoms with Crippen molar-refractivity contribution >= 4 is 35.0 Å². The number of benzene rings is 1. The Labute approximate surface area is 121 Å². The van der Waals surface area contributed by atoms with Crippen molar-refractivity contribution < 1.29 is 14.7 Å². The van der Waals surface area contributed by atoms with Crippen molar-refractivity contribution in [2.45, 2.75) is 32.1 Å². The molecule has 1 aromatic rings. The Morgan fingerprint density at radius 2 is 2.05 bits per heavy atom. The Kier molecular flexibility index (Phi) is 4.16. The molecule has 1 N–H and O–H groups in total. The second-order valence-electron chi connectivity index (χ2n) is 4.93. The van der Waals surface area contributed by atoms with Gasteiger partial charge in [0.15, 0.2) is 5.78 Å². The maximum absolute atomic E-state index is 12.1. The van der Waals surface area contributed by atoms with E-state index in [1.54, 1.807) is 18.2 Å². The third-order valence-electron chi connectivity index (χ3n) is 3.70. The molecule has 1 fully saturated rings. The highest BCUT2D eigenvalue weighted by Crippen LogP contribution is 2.38. The molecule has 1 unspecified atom stereocenters. The van der Waals surface area contributed by atoms with Crippen LogP contribution in [-0.2, 0) is 16.0 Å². The van der Waals surface area contributed by atoms with Crippen LogP contribution in [0, 0.1) is 5.41 Å².